The minimum atomic E-state index is -1.06. The van der Waals surface area contributed by atoms with Crippen LogP contribution < -0.4 is 16.4 Å². The van der Waals surface area contributed by atoms with Gasteiger partial charge >= 0.3 is 0 Å². The molecular formula is C10H21N3O3. The van der Waals surface area contributed by atoms with E-state index in [2.05, 4.69) is 10.6 Å². The van der Waals surface area contributed by atoms with Crippen LogP contribution in [0, 0.1) is 5.92 Å². The number of amides is 1. The van der Waals surface area contributed by atoms with E-state index in [1.807, 2.05) is 6.92 Å². The van der Waals surface area contributed by atoms with Crippen LogP contribution >= 0.6 is 0 Å². The van der Waals surface area contributed by atoms with Crippen LogP contribution in [0.15, 0.2) is 0 Å². The predicted molar refractivity (Wildman–Crippen MR) is 59.4 cm³/mol. The maximum absolute atomic E-state index is 11.5. The van der Waals surface area contributed by atoms with E-state index in [1.165, 1.54) is 7.05 Å². The summed E-state index contributed by atoms with van der Waals surface area (Å²) in [6.45, 7) is 1.93. The smallest absolute Gasteiger partial charge is 0.223 e. The number of nitrogens with one attached hydrogen (secondary N) is 2. The van der Waals surface area contributed by atoms with Crippen molar-refractivity contribution in [1.82, 2.24) is 10.6 Å². The highest BCUT2D eigenvalue weighted by molar-refractivity contribution is 5.81. The van der Waals surface area contributed by atoms with Gasteiger partial charge in [0, 0.05) is 18.0 Å². The van der Waals surface area contributed by atoms with Gasteiger partial charge in [0.05, 0.1) is 0 Å². The number of aliphatic hydroxyl groups is 2. The minimum absolute atomic E-state index is 0.0194. The Morgan fingerprint density at radius 1 is 1.62 bits per heavy atom. The quantitative estimate of drug-likeness (QED) is 0.356. The zero-order chi connectivity index (χ0) is 12.3. The number of rotatable bonds is 5. The summed E-state index contributed by atoms with van der Waals surface area (Å²) >= 11 is 0. The Morgan fingerprint density at radius 2 is 2.25 bits per heavy atom. The Kier molecular flexibility index (Phi) is 4.67. The molecule has 0 aromatic heterocycles. The molecule has 0 aliphatic carbocycles. The lowest BCUT2D eigenvalue weighted by molar-refractivity contribution is -0.123. The largest absolute Gasteiger partial charge is 0.387 e. The van der Waals surface area contributed by atoms with Gasteiger partial charge in [-0.25, -0.2) is 0 Å². The molecule has 6 N–H and O–H groups in total. The van der Waals surface area contributed by atoms with E-state index in [0.717, 1.165) is 6.42 Å². The average molecular weight is 231 g/mol. The second-order valence-corrected chi connectivity index (χ2v) is 4.47. The Labute approximate surface area is 95.2 Å². The van der Waals surface area contributed by atoms with E-state index in [4.69, 9.17) is 5.73 Å². The molecule has 1 heterocycles. The Balaban J connectivity index is 2.45. The first kappa shape index (κ1) is 13.4. The number of hydrogen-bond acceptors (Lipinski definition) is 5. The summed E-state index contributed by atoms with van der Waals surface area (Å²) in [5, 5.41) is 24.3. The van der Waals surface area contributed by atoms with Crippen LogP contribution in [-0.2, 0) is 4.79 Å². The lowest BCUT2D eigenvalue weighted by atomic mass is 9.94. The standard InChI is InChI=1S/C10H21N3O3/c1-5-3-6(9(15)13-5)4-7(11)8(14)10(16)12-2/h5-8,10,12,14,16H,3-4,11H2,1-2H3,(H,13,15)/t5-,6+,7+,8?,10?/m1/s1. The summed E-state index contributed by atoms with van der Waals surface area (Å²) in [5.41, 5.74) is 5.75. The fourth-order valence-electron chi connectivity index (χ4n) is 2.03. The summed E-state index contributed by atoms with van der Waals surface area (Å²) in [7, 11) is 1.53. The van der Waals surface area contributed by atoms with E-state index < -0.39 is 18.4 Å². The van der Waals surface area contributed by atoms with Gasteiger partial charge in [0.15, 0.2) is 0 Å². The third kappa shape index (κ3) is 3.15. The van der Waals surface area contributed by atoms with Crippen molar-refractivity contribution >= 4 is 5.91 Å². The average Bonchev–Trinajstić information content (AvgIpc) is 2.55. The van der Waals surface area contributed by atoms with E-state index >= 15 is 0 Å². The normalized spacial score (nSPS) is 30.9. The summed E-state index contributed by atoms with van der Waals surface area (Å²) in [5.74, 6) is -0.183. The lowest BCUT2D eigenvalue weighted by Crippen LogP contribution is -2.49. The van der Waals surface area contributed by atoms with Crippen molar-refractivity contribution < 1.29 is 15.0 Å². The molecule has 1 aliphatic rings. The van der Waals surface area contributed by atoms with Gasteiger partial charge in [-0.2, -0.15) is 0 Å². The molecule has 0 spiro atoms. The molecule has 94 valence electrons. The molecule has 0 saturated carbocycles. The Hall–Kier alpha value is -0.690. The number of aliphatic hydroxyl groups excluding tert-OH is 2. The first-order chi connectivity index (χ1) is 7.45. The highest BCUT2D eigenvalue weighted by Crippen LogP contribution is 2.21. The molecule has 16 heavy (non-hydrogen) atoms. The second kappa shape index (κ2) is 5.58. The summed E-state index contributed by atoms with van der Waals surface area (Å²) in [6, 6.07) is -0.445. The Bertz CT molecular complexity index is 249. The zero-order valence-electron chi connectivity index (χ0n) is 9.68. The summed E-state index contributed by atoms with van der Waals surface area (Å²) in [4.78, 5) is 11.5. The van der Waals surface area contributed by atoms with Gasteiger partial charge in [-0.1, -0.05) is 0 Å². The van der Waals surface area contributed by atoms with Crippen LogP contribution in [0.2, 0.25) is 0 Å². The van der Waals surface area contributed by atoms with Crippen molar-refractivity contribution in [1.29, 1.82) is 0 Å². The highest BCUT2D eigenvalue weighted by Gasteiger charge is 2.33. The molecular weight excluding hydrogens is 210 g/mol. The molecule has 5 atom stereocenters. The third-order valence-corrected chi connectivity index (χ3v) is 3.01. The van der Waals surface area contributed by atoms with Crippen molar-refractivity contribution in [3.63, 3.8) is 0 Å². The van der Waals surface area contributed by atoms with Crippen LogP contribution in [0.4, 0.5) is 0 Å². The zero-order valence-corrected chi connectivity index (χ0v) is 9.68. The van der Waals surface area contributed by atoms with Gasteiger partial charge in [0.2, 0.25) is 5.91 Å². The molecule has 0 bridgehead atoms. The molecule has 1 amide bonds. The molecule has 0 aromatic rings. The molecule has 2 unspecified atom stereocenters. The van der Waals surface area contributed by atoms with Gasteiger partial charge in [-0.05, 0) is 26.8 Å². The molecule has 1 aliphatic heterocycles. The minimum Gasteiger partial charge on any atom is -0.387 e. The van der Waals surface area contributed by atoms with Gasteiger partial charge < -0.3 is 21.3 Å². The van der Waals surface area contributed by atoms with E-state index in [1.54, 1.807) is 0 Å². The number of likely N-dealkylation sites (N-methyl/N-ethyl adjacent to an activating group) is 1. The molecule has 6 nitrogen and oxygen atoms in total. The predicted octanol–water partition coefficient (Wildman–Crippen LogP) is -1.87. The van der Waals surface area contributed by atoms with Gasteiger partial charge in [-0.3, -0.25) is 10.1 Å². The van der Waals surface area contributed by atoms with Crippen molar-refractivity contribution in [2.45, 2.75) is 44.2 Å². The number of nitrogens with two attached hydrogens (primary N) is 1. The topological polar surface area (TPSA) is 108 Å². The van der Waals surface area contributed by atoms with E-state index in [9.17, 15) is 15.0 Å². The van der Waals surface area contributed by atoms with Crippen LogP contribution in [0.1, 0.15) is 19.8 Å². The number of carbonyl (C=O) groups excluding carboxylic acids is 1. The van der Waals surface area contributed by atoms with E-state index in [0.29, 0.717) is 6.42 Å². The third-order valence-electron chi connectivity index (χ3n) is 3.01. The van der Waals surface area contributed by atoms with Gasteiger partial charge in [0.1, 0.15) is 12.3 Å². The fourth-order valence-corrected chi connectivity index (χ4v) is 2.03. The van der Waals surface area contributed by atoms with Crippen LogP contribution in [0.3, 0.4) is 0 Å². The second-order valence-electron chi connectivity index (χ2n) is 4.47. The summed E-state index contributed by atoms with van der Waals surface area (Å²) in [6.07, 6.45) is -1.00. The van der Waals surface area contributed by atoms with Crippen molar-refractivity contribution in [3.05, 3.63) is 0 Å². The van der Waals surface area contributed by atoms with Crippen LogP contribution in [-0.4, -0.2) is 47.6 Å². The number of carbonyl (C=O) groups is 1. The molecule has 0 radical (unpaired) electrons. The fraction of sp³-hybridized carbons (Fsp3) is 0.900. The van der Waals surface area contributed by atoms with Crippen LogP contribution in [0.5, 0.6) is 0 Å². The SMILES string of the molecule is CNC(O)C(O)[C@@H](N)C[C@@H]1C[C@@H](C)NC1=O. The first-order valence-electron chi connectivity index (χ1n) is 5.55. The Morgan fingerprint density at radius 3 is 2.69 bits per heavy atom. The van der Waals surface area contributed by atoms with Crippen LogP contribution in [0.25, 0.3) is 0 Å². The summed E-state index contributed by atoms with van der Waals surface area (Å²) < 4.78 is 0. The van der Waals surface area contributed by atoms with Crippen molar-refractivity contribution in [2.75, 3.05) is 7.05 Å². The van der Waals surface area contributed by atoms with Gasteiger partial charge in [-0.15, -0.1) is 0 Å². The van der Waals surface area contributed by atoms with Gasteiger partial charge in [0.25, 0.3) is 0 Å². The maximum atomic E-state index is 11.5. The molecule has 1 saturated heterocycles. The number of hydrogen-bond donors (Lipinski definition) is 5. The molecule has 0 aromatic carbocycles. The molecule has 1 fully saturated rings. The van der Waals surface area contributed by atoms with Crippen molar-refractivity contribution in [3.8, 4) is 0 Å². The monoisotopic (exact) mass is 231 g/mol. The van der Waals surface area contributed by atoms with E-state index in [-0.39, 0.29) is 17.9 Å². The highest BCUT2D eigenvalue weighted by atomic mass is 16.3. The van der Waals surface area contributed by atoms with Crippen molar-refractivity contribution in [2.24, 2.45) is 11.7 Å². The molecule has 1 rings (SSSR count). The first-order valence-corrected chi connectivity index (χ1v) is 5.55. The maximum Gasteiger partial charge on any atom is 0.223 e. The molecule has 6 heteroatoms. The lowest BCUT2D eigenvalue weighted by Gasteiger charge is -2.24.